The molecule has 1 aromatic rings. The van der Waals surface area contributed by atoms with Crippen molar-refractivity contribution >= 4 is 11.7 Å². The fraction of sp³-hybridized carbons (Fsp3) is 0.545. The van der Waals surface area contributed by atoms with Gasteiger partial charge in [-0.1, -0.05) is 6.92 Å². The first-order chi connectivity index (χ1) is 7.31. The minimum Gasteiger partial charge on any atom is -0.341 e. The zero-order valence-corrected chi connectivity index (χ0v) is 8.94. The second kappa shape index (κ2) is 4.38. The van der Waals surface area contributed by atoms with E-state index in [-0.39, 0.29) is 5.78 Å². The summed E-state index contributed by atoms with van der Waals surface area (Å²) in [5.74, 6) is 0.850. The Bertz CT molecular complexity index is 341. The lowest BCUT2D eigenvalue weighted by Crippen LogP contribution is -2.20. The molecule has 2 rings (SSSR count). The molecule has 1 aliphatic heterocycles. The zero-order valence-electron chi connectivity index (χ0n) is 8.94. The van der Waals surface area contributed by atoms with Gasteiger partial charge in [-0.2, -0.15) is 0 Å². The van der Waals surface area contributed by atoms with Crippen molar-refractivity contribution in [1.29, 1.82) is 0 Å². The standard InChI is InChI=1S/C11H15N3O/c1-2-10(15)9-7-12-11(13-8-9)14-5-3-4-6-14/h7-8H,2-6H2,1H3. The Morgan fingerprint density at radius 2 is 1.93 bits per heavy atom. The van der Waals surface area contributed by atoms with E-state index in [9.17, 15) is 4.79 Å². The van der Waals surface area contributed by atoms with E-state index in [1.165, 1.54) is 12.8 Å². The molecule has 80 valence electrons. The van der Waals surface area contributed by atoms with Crippen LogP contribution in [-0.2, 0) is 0 Å². The maximum atomic E-state index is 11.4. The molecule has 0 unspecified atom stereocenters. The molecule has 2 heterocycles. The molecule has 4 nitrogen and oxygen atoms in total. The summed E-state index contributed by atoms with van der Waals surface area (Å²) >= 11 is 0. The van der Waals surface area contributed by atoms with E-state index in [1.807, 2.05) is 6.92 Å². The highest BCUT2D eigenvalue weighted by Gasteiger charge is 2.14. The Morgan fingerprint density at radius 1 is 1.33 bits per heavy atom. The van der Waals surface area contributed by atoms with Crippen LogP contribution in [-0.4, -0.2) is 28.8 Å². The van der Waals surface area contributed by atoms with Crippen molar-refractivity contribution in [2.24, 2.45) is 0 Å². The first-order valence-corrected chi connectivity index (χ1v) is 5.41. The molecule has 0 radical (unpaired) electrons. The Morgan fingerprint density at radius 3 is 2.47 bits per heavy atom. The summed E-state index contributed by atoms with van der Waals surface area (Å²) in [6.45, 7) is 3.90. The second-order valence-corrected chi connectivity index (χ2v) is 3.74. The predicted octanol–water partition coefficient (Wildman–Crippen LogP) is 1.67. The van der Waals surface area contributed by atoms with Gasteiger partial charge in [0.05, 0.1) is 5.56 Å². The van der Waals surface area contributed by atoms with E-state index in [2.05, 4.69) is 14.9 Å². The van der Waals surface area contributed by atoms with Gasteiger partial charge in [0, 0.05) is 31.9 Å². The number of ketones is 1. The molecule has 0 saturated carbocycles. The number of aromatic nitrogens is 2. The topological polar surface area (TPSA) is 46.1 Å². The summed E-state index contributed by atoms with van der Waals surface area (Å²) in [4.78, 5) is 22.0. The molecule has 0 N–H and O–H groups in total. The maximum absolute atomic E-state index is 11.4. The number of rotatable bonds is 3. The summed E-state index contributed by atoms with van der Waals surface area (Å²) in [5.41, 5.74) is 0.612. The molecule has 0 aliphatic carbocycles. The Kier molecular flexibility index (Phi) is 2.94. The highest BCUT2D eigenvalue weighted by Crippen LogP contribution is 2.15. The molecule has 0 bridgehead atoms. The van der Waals surface area contributed by atoms with Gasteiger partial charge in [-0.3, -0.25) is 4.79 Å². The van der Waals surface area contributed by atoms with E-state index in [0.29, 0.717) is 12.0 Å². The third-order valence-electron chi connectivity index (χ3n) is 2.67. The monoisotopic (exact) mass is 205 g/mol. The van der Waals surface area contributed by atoms with Crippen molar-refractivity contribution < 1.29 is 4.79 Å². The average Bonchev–Trinajstić information content (AvgIpc) is 2.82. The summed E-state index contributed by atoms with van der Waals surface area (Å²) in [7, 11) is 0. The third kappa shape index (κ3) is 2.14. The molecule has 0 amide bonds. The largest absolute Gasteiger partial charge is 0.341 e. The average molecular weight is 205 g/mol. The highest BCUT2D eigenvalue weighted by molar-refractivity contribution is 5.95. The predicted molar refractivity (Wildman–Crippen MR) is 58.1 cm³/mol. The van der Waals surface area contributed by atoms with Crippen molar-refractivity contribution in [3.8, 4) is 0 Å². The summed E-state index contributed by atoms with van der Waals surface area (Å²) < 4.78 is 0. The second-order valence-electron chi connectivity index (χ2n) is 3.74. The van der Waals surface area contributed by atoms with Gasteiger partial charge in [0.25, 0.3) is 0 Å². The van der Waals surface area contributed by atoms with Crippen molar-refractivity contribution in [2.45, 2.75) is 26.2 Å². The minimum absolute atomic E-state index is 0.1000. The SMILES string of the molecule is CCC(=O)c1cnc(N2CCCC2)nc1. The molecule has 0 spiro atoms. The van der Waals surface area contributed by atoms with Crippen LogP contribution in [0.4, 0.5) is 5.95 Å². The van der Waals surface area contributed by atoms with E-state index in [0.717, 1.165) is 19.0 Å². The van der Waals surface area contributed by atoms with Crippen LogP contribution in [0.1, 0.15) is 36.5 Å². The van der Waals surface area contributed by atoms with Gasteiger partial charge >= 0.3 is 0 Å². The van der Waals surface area contributed by atoms with E-state index in [4.69, 9.17) is 0 Å². The Hall–Kier alpha value is -1.45. The first kappa shape index (κ1) is 10.1. The van der Waals surface area contributed by atoms with Crippen LogP contribution in [0.3, 0.4) is 0 Å². The molecule has 1 aliphatic rings. The fourth-order valence-electron chi connectivity index (χ4n) is 1.75. The van der Waals surface area contributed by atoms with Crippen molar-refractivity contribution in [3.05, 3.63) is 18.0 Å². The number of carbonyl (C=O) groups is 1. The first-order valence-electron chi connectivity index (χ1n) is 5.41. The highest BCUT2D eigenvalue weighted by atomic mass is 16.1. The summed E-state index contributed by atoms with van der Waals surface area (Å²) in [6.07, 6.45) is 6.18. The van der Waals surface area contributed by atoms with Crippen molar-refractivity contribution in [3.63, 3.8) is 0 Å². The summed E-state index contributed by atoms with van der Waals surface area (Å²) in [5, 5.41) is 0. The van der Waals surface area contributed by atoms with E-state index >= 15 is 0 Å². The van der Waals surface area contributed by atoms with Crippen LogP contribution in [0.25, 0.3) is 0 Å². The molecule has 1 fully saturated rings. The van der Waals surface area contributed by atoms with Crippen LogP contribution in [0.5, 0.6) is 0 Å². The van der Waals surface area contributed by atoms with Gasteiger partial charge < -0.3 is 4.90 Å². The maximum Gasteiger partial charge on any atom is 0.225 e. The van der Waals surface area contributed by atoms with Gasteiger partial charge in [-0.15, -0.1) is 0 Å². The molecule has 15 heavy (non-hydrogen) atoms. The van der Waals surface area contributed by atoms with E-state index < -0.39 is 0 Å². The zero-order chi connectivity index (χ0) is 10.7. The summed E-state index contributed by atoms with van der Waals surface area (Å²) in [6, 6.07) is 0. The lowest BCUT2D eigenvalue weighted by Gasteiger charge is -2.14. The van der Waals surface area contributed by atoms with Crippen molar-refractivity contribution in [1.82, 2.24) is 9.97 Å². The van der Waals surface area contributed by atoms with Crippen LogP contribution in [0, 0.1) is 0 Å². The van der Waals surface area contributed by atoms with Crippen LogP contribution in [0.2, 0.25) is 0 Å². The molecular formula is C11H15N3O. The van der Waals surface area contributed by atoms with Gasteiger partial charge in [-0.25, -0.2) is 9.97 Å². The Balaban J connectivity index is 2.12. The number of carbonyl (C=O) groups excluding carboxylic acids is 1. The number of anilines is 1. The Labute approximate surface area is 89.3 Å². The van der Waals surface area contributed by atoms with E-state index in [1.54, 1.807) is 12.4 Å². The van der Waals surface area contributed by atoms with Crippen LogP contribution in [0.15, 0.2) is 12.4 Å². The quantitative estimate of drug-likeness (QED) is 0.704. The smallest absolute Gasteiger partial charge is 0.225 e. The third-order valence-corrected chi connectivity index (χ3v) is 2.67. The molecule has 4 heteroatoms. The van der Waals surface area contributed by atoms with Gasteiger partial charge in [0.2, 0.25) is 5.95 Å². The normalized spacial score (nSPS) is 15.7. The van der Waals surface area contributed by atoms with Crippen LogP contribution >= 0.6 is 0 Å². The molecule has 1 saturated heterocycles. The van der Waals surface area contributed by atoms with Crippen LogP contribution < -0.4 is 4.90 Å². The molecule has 0 atom stereocenters. The molecular weight excluding hydrogens is 190 g/mol. The number of hydrogen-bond acceptors (Lipinski definition) is 4. The lowest BCUT2D eigenvalue weighted by atomic mass is 10.2. The van der Waals surface area contributed by atoms with Gasteiger partial charge in [0.1, 0.15) is 0 Å². The number of hydrogen-bond donors (Lipinski definition) is 0. The molecule has 0 aromatic carbocycles. The fourth-order valence-corrected chi connectivity index (χ4v) is 1.75. The van der Waals surface area contributed by atoms with Gasteiger partial charge in [-0.05, 0) is 12.8 Å². The molecule has 1 aromatic heterocycles. The minimum atomic E-state index is 0.1000. The van der Waals surface area contributed by atoms with Gasteiger partial charge in [0.15, 0.2) is 5.78 Å². The number of Topliss-reactive ketones (excluding diaryl/α,β-unsaturated/α-hetero) is 1. The van der Waals surface area contributed by atoms with Crippen molar-refractivity contribution in [2.75, 3.05) is 18.0 Å². The lowest BCUT2D eigenvalue weighted by molar-refractivity contribution is 0.0987. The number of nitrogens with zero attached hydrogens (tertiary/aromatic N) is 3.